The molecule has 0 aliphatic carbocycles. The van der Waals surface area contributed by atoms with E-state index in [9.17, 15) is 14.3 Å². The molecule has 0 saturated carbocycles. The number of nitrogens with one attached hydrogen (secondary N) is 2. The van der Waals surface area contributed by atoms with E-state index in [1.165, 1.54) is 12.1 Å². The number of halogens is 1. The second-order valence-corrected chi connectivity index (χ2v) is 8.11. The van der Waals surface area contributed by atoms with Crippen molar-refractivity contribution < 1.29 is 9.50 Å². The topological polar surface area (TPSA) is 111 Å². The number of aromatic nitrogens is 5. The third kappa shape index (κ3) is 3.64. The van der Waals surface area contributed by atoms with Crippen LogP contribution in [0.4, 0.5) is 10.1 Å². The molecule has 0 amide bonds. The lowest BCUT2D eigenvalue weighted by atomic mass is 10.3. The highest BCUT2D eigenvalue weighted by Crippen LogP contribution is 2.25. The maximum absolute atomic E-state index is 13.3. The lowest BCUT2D eigenvalue weighted by Gasteiger charge is -2.01. The Bertz CT molecular complexity index is 1590. The number of rotatable bonds is 3. The normalized spacial score (nSPS) is 12.8. The van der Waals surface area contributed by atoms with Crippen molar-refractivity contribution in [3.63, 3.8) is 0 Å². The van der Waals surface area contributed by atoms with E-state index in [0.29, 0.717) is 27.7 Å². The van der Waals surface area contributed by atoms with Crippen LogP contribution in [-0.2, 0) is 0 Å². The van der Waals surface area contributed by atoms with E-state index in [4.69, 9.17) is 4.98 Å². The molecule has 0 spiro atoms. The molecule has 0 fully saturated rings. The van der Waals surface area contributed by atoms with Crippen LogP contribution in [0.1, 0.15) is 10.6 Å². The molecular formula is C21H15FN6O2S. The highest BCUT2D eigenvalue weighted by Gasteiger charge is 2.10. The van der Waals surface area contributed by atoms with Crippen molar-refractivity contribution in [2.45, 2.75) is 6.92 Å². The van der Waals surface area contributed by atoms with Crippen LogP contribution in [0.15, 0.2) is 58.4 Å². The maximum Gasteiger partial charge on any atom is 0.326 e. The zero-order valence-electron chi connectivity index (χ0n) is 16.1. The molecule has 8 nitrogen and oxygen atoms in total. The molecule has 0 saturated heterocycles. The fourth-order valence-electron chi connectivity index (χ4n) is 3.14. The van der Waals surface area contributed by atoms with Gasteiger partial charge in [-0.05, 0) is 49.4 Å². The largest absolute Gasteiger partial charge is 0.493 e. The van der Waals surface area contributed by atoms with Crippen LogP contribution in [0, 0.1) is 12.7 Å². The standard InChI is InChI=1S/C21H15FN6O2S/c1-11-2-7-17(31-11)15-9-18(24-14-5-3-13(22)4-6-14)28-19(25-15)12(10-23-28)8-16-20(29)27-21(30)26-16/h2-10,29H,1H3,(H2,26,27,30). The Labute approximate surface area is 177 Å². The first-order valence-electron chi connectivity index (χ1n) is 9.25. The predicted molar refractivity (Wildman–Crippen MR) is 115 cm³/mol. The summed E-state index contributed by atoms with van der Waals surface area (Å²) in [6.07, 6.45) is 3.15. The number of aromatic amines is 2. The minimum absolute atomic E-state index is 0.219. The van der Waals surface area contributed by atoms with Crippen molar-refractivity contribution in [2.75, 3.05) is 0 Å². The van der Waals surface area contributed by atoms with Crippen LogP contribution in [0.25, 0.3) is 22.3 Å². The fourth-order valence-corrected chi connectivity index (χ4v) is 3.97. The van der Waals surface area contributed by atoms with Gasteiger partial charge in [-0.3, -0.25) is 4.98 Å². The average molecular weight is 434 g/mol. The van der Waals surface area contributed by atoms with Crippen LogP contribution in [0.2, 0.25) is 0 Å². The number of hydrogen-bond donors (Lipinski definition) is 3. The number of nitrogens with zero attached hydrogens (tertiary/aromatic N) is 4. The Morgan fingerprint density at radius 2 is 2.00 bits per heavy atom. The number of aromatic hydroxyl groups is 1. The summed E-state index contributed by atoms with van der Waals surface area (Å²) in [7, 11) is 0. The Morgan fingerprint density at radius 3 is 2.68 bits per heavy atom. The first-order chi connectivity index (χ1) is 15.0. The third-order valence-electron chi connectivity index (χ3n) is 4.58. The van der Waals surface area contributed by atoms with E-state index < -0.39 is 5.69 Å². The highest BCUT2D eigenvalue weighted by atomic mass is 32.1. The molecule has 4 aromatic heterocycles. The molecule has 0 unspecified atom stereocenters. The Hall–Kier alpha value is -4.05. The number of fused-ring (bicyclic) bond motifs is 1. The highest BCUT2D eigenvalue weighted by molar-refractivity contribution is 7.15. The van der Waals surface area contributed by atoms with E-state index in [1.54, 1.807) is 40.3 Å². The van der Waals surface area contributed by atoms with E-state index >= 15 is 0 Å². The van der Waals surface area contributed by atoms with E-state index in [2.05, 4.69) is 20.1 Å². The smallest absolute Gasteiger partial charge is 0.326 e. The molecule has 1 aromatic carbocycles. The number of hydrogen-bond acceptors (Lipinski definition) is 6. The van der Waals surface area contributed by atoms with E-state index in [1.807, 2.05) is 25.1 Å². The fraction of sp³-hybridized carbons (Fsp3) is 0.0476. The summed E-state index contributed by atoms with van der Waals surface area (Å²) in [6, 6.07) is 11.6. The van der Waals surface area contributed by atoms with Gasteiger partial charge in [-0.1, -0.05) is 0 Å². The van der Waals surface area contributed by atoms with Gasteiger partial charge >= 0.3 is 5.69 Å². The van der Waals surface area contributed by atoms with Gasteiger partial charge in [0.05, 0.1) is 22.5 Å². The van der Waals surface area contributed by atoms with Crippen LogP contribution in [0.5, 0.6) is 5.88 Å². The quantitative estimate of drug-likeness (QED) is 0.405. The lowest BCUT2D eigenvalue weighted by Crippen LogP contribution is -2.18. The SMILES string of the molecule is Cc1ccc(-c2cc(=Nc3ccc(F)cc3)n3ncc(=Cc4[nH]c(=O)[nH]c4O)c3n2)s1. The van der Waals surface area contributed by atoms with Crippen molar-refractivity contribution in [3.8, 4) is 16.5 Å². The van der Waals surface area contributed by atoms with Gasteiger partial charge in [0.2, 0.25) is 5.88 Å². The van der Waals surface area contributed by atoms with Crippen molar-refractivity contribution in [3.05, 3.63) is 86.2 Å². The number of imidazole rings is 1. The van der Waals surface area contributed by atoms with E-state index in [0.717, 1.165) is 9.75 Å². The zero-order valence-corrected chi connectivity index (χ0v) is 16.9. The molecule has 4 heterocycles. The molecule has 5 aromatic rings. The van der Waals surface area contributed by atoms with Crippen molar-refractivity contribution in [1.29, 1.82) is 0 Å². The number of aryl methyl sites for hydroxylation is 1. The van der Waals surface area contributed by atoms with Crippen LogP contribution in [-0.4, -0.2) is 29.7 Å². The second kappa shape index (κ2) is 7.33. The number of thiophene rings is 1. The van der Waals surface area contributed by atoms with Crippen molar-refractivity contribution >= 4 is 28.7 Å². The van der Waals surface area contributed by atoms with Gasteiger partial charge in [-0.2, -0.15) is 9.61 Å². The summed E-state index contributed by atoms with van der Waals surface area (Å²) in [6.45, 7) is 2.01. The van der Waals surface area contributed by atoms with Gasteiger partial charge in [-0.15, -0.1) is 11.3 Å². The predicted octanol–water partition coefficient (Wildman–Crippen LogP) is 2.41. The van der Waals surface area contributed by atoms with Crippen molar-refractivity contribution in [1.82, 2.24) is 24.6 Å². The Morgan fingerprint density at radius 1 is 1.19 bits per heavy atom. The number of benzene rings is 1. The van der Waals surface area contributed by atoms with Crippen LogP contribution < -0.4 is 16.4 Å². The third-order valence-corrected chi connectivity index (χ3v) is 5.60. The molecule has 154 valence electrons. The van der Waals surface area contributed by atoms with Gasteiger partial charge in [0.15, 0.2) is 11.1 Å². The van der Waals surface area contributed by atoms with Gasteiger partial charge in [-0.25, -0.2) is 19.2 Å². The summed E-state index contributed by atoms with van der Waals surface area (Å²) in [5.74, 6) is -0.615. The molecule has 0 aliphatic heterocycles. The first kappa shape index (κ1) is 18.9. The summed E-state index contributed by atoms with van der Waals surface area (Å²) in [5.41, 5.74) is 1.96. The molecule has 0 aliphatic rings. The summed E-state index contributed by atoms with van der Waals surface area (Å²) < 4.78 is 14.8. The first-order valence-corrected chi connectivity index (χ1v) is 10.1. The maximum atomic E-state index is 13.3. The summed E-state index contributed by atoms with van der Waals surface area (Å²) >= 11 is 1.60. The Kier molecular flexibility index (Phi) is 4.48. The van der Waals surface area contributed by atoms with Crippen molar-refractivity contribution in [2.24, 2.45) is 4.99 Å². The summed E-state index contributed by atoms with van der Waals surface area (Å²) in [4.78, 5) is 27.7. The van der Waals surface area contributed by atoms with E-state index in [-0.39, 0.29) is 17.4 Å². The molecule has 3 N–H and O–H groups in total. The molecule has 5 rings (SSSR count). The molecular weight excluding hydrogens is 419 g/mol. The monoisotopic (exact) mass is 434 g/mol. The average Bonchev–Trinajstić information content (AvgIpc) is 3.43. The van der Waals surface area contributed by atoms with Gasteiger partial charge < -0.3 is 10.1 Å². The lowest BCUT2D eigenvalue weighted by molar-refractivity contribution is 0.454. The van der Waals surface area contributed by atoms with Gasteiger partial charge in [0.25, 0.3) is 0 Å². The van der Waals surface area contributed by atoms with Gasteiger partial charge in [0.1, 0.15) is 11.5 Å². The number of H-pyrrole nitrogens is 2. The zero-order chi connectivity index (χ0) is 21.5. The summed E-state index contributed by atoms with van der Waals surface area (Å²) in [5, 5.41) is 14.9. The van der Waals surface area contributed by atoms with Gasteiger partial charge in [0, 0.05) is 16.2 Å². The molecule has 31 heavy (non-hydrogen) atoms. The molecule has 0 atom stereocenters. The Balaban J connectivity index is 1.80. The molecule has 10 heteroatoms. The molecule has 0 bridgehead atoms. The van der Waals surface area contributed by atoms with Crippen LogP contribution in [0.3, 0.4) is 0 Å². The molecule has 0 radical (unpaired) electrons. The van der Waals surface area contributed by atoms with Crippen LogP contribution >= 0.6 is 11.3 Å². The minimum atomic E-state index is -0.519. The minimum Gasteiger partial charge on any atom is -0.493 e. The second-order valence-electron chi connectivity index (χ2n) is 6.82.